The maximum Gasteiger partial charge on any atom is 0.166 e. The van der Waals surface area contributed by atoms with Gasteiger partial charge < -0.3 is 20.1 Å². The van der Waals surface area contributed by atoms with E-state index in [9.17, 15) is 0 Å². The van der Waals surface area contributed by atoms with Gasteiger partial charge in [-0.3, -0.25) is 0 Å². The van der Waals surface area contributed by atoms with Crippen LogP contribution in [0.2, 0.25) is 0 Å². The van der Waals surface area contributed by atoms with Gasteiger partial charge in [0, 0.05) is 18.2 Å². The molecule has 0 radical (unpaired) electrons. The molecule has 2 N–H and O–H groups in total. The highest BCUT2D eigenvalue weighted by Crippen LogP contribution is 2.37. The highest BCUT2D eigenvalue weighted by Gasteiger charge is 2.32. The van der Waals surface area contributed by atoms with Gasteiger partial charge in [0.25, 0.3) is 0 Å². The Labute approximate surface area is 151 Å². The average molecular weight is 351 g/mol. The van der Waals surface area contributed by atoms with Crippen LogP contribution in [0.3, 0.4) is 0 Å². The van der Waals surface area contributed by atoms with E-state index in [1.807, 2.05) is 24.3 Å². The number of benzene rings is 1. The zero-order valence-electron chi connectivity index (χ0n) is 14.8. The summed E-state index contributed by atoms with van der Waals surface area (Å²) in [6.07, 6.45) is 3.82. The zero-order chi connectivity index (χ0) is 18.1. The third kappa shape index (κ3) is 3.08. The van der Waals surface area contributed by atoms with Gasteiger partial charge in [0.1, 0.15) is 29.5 Å². The maximum absolute atomic E-state index is 5.80. The van der Waals surface area contributed by atoms with E-state index in [4.69, 9.17) is 15.2 Å². The Morgan fingerprint density at radius 1 is 1.12 bits per heavy atom. The number of nitrogens with zero attached hydrogens (tertiary/aromatic N) is 4. The monoisotopic (exact) mass is 351 g/mol. The van der Waals surface area contributed by atoms with Crippen LogP contribution in [0, 0.1) is 0 Å². The summed E-state index contributed by atoms with van der Waals surface area (Å²) in [6.45, 7) is 0.668. The van der Waals surface area contributed by atoms with Crippen molar-refractivity contribution in [2.24, 2.45) is 0 Å². The van der Waals surface area contributed by atoms with E-state index in [2.05, 4.69) is 19.9 Å². The molecule has 0 spiro atoms. The van der Waals surface area contributed by atoms with Gasteiger partial charge in [-0.1, -0.05) is 0 Å². The number of methoxy groups -OCH3 is 2. The van der Waals surface area contributed by atoms with Crippen molar-refractivity contribution in [3.63, 3.8) is 0 Å². The van der Waals surface area contributed by atoms with Gasteiger partial charge in [0.15, 0.2) is 5.65 Å². The molecule has 4 rings (SSSR count). The Hall–Kier alpha value is -3.09. The standard InChI is InChI=1S/C19H21N5O2/c1-25-14-5-7-16(26-2)12(9-14)10-24(13-3-4-13)19-15-6-8-17(20)23-18(15)21-11-22-19/h5-9,11,13H,3-4,10H2,1-2H3,(H2,20,21,22,23). The van der Waals surface area contributed by atoms with Crippen LogP contribution in [0.4, 0.5) is 11.6 Å². The number of hydrogen-bond donors (Lipinski definition) is 1. The molecule has 134 valence electrons. The van der Waals surface area contributed by atoms with Crippen LogP contribution in [0.5, 0.6) is 11.5 Å². The van der Waals surface area contributed by atoms with Crippen molar-refractivity contribution in [2.75, 3.05) is 24.9 Å². The molecule has 0 bridgehead atoms. The van der Waals surface area contributed by atoms with Crippen molar-refractivity contribution in [2.45, 2.75) is 25.4 Å². The summed E-state index contributed by atoms with van der Waals surface area (Å²) in [5.41, 5.74) is 7.46. The normalized spacial score (nSPS) is 13.6. The molecule has 0 amide bonds. The quantitative estimate of drug-likeness (QED) is 0.731. The Bertz CT molecular complexity index is 942. The molecule has 3 aromatic rings. The first kappa shape index (κ1) is 16.4. The van der Waals surface area contributed by atoms with E-state index in [0.29, 0.717) is 24.1 Å². The SMILES string of the molecule is COc1ccc(OC)c(CN(c2ncnc3nc(N)ccc23)C2CC2)c1. The van der Waals surface area contributed by atoms with Gasteiger partial charge in [-0.05, 0) is 43.2 Å². The van der Waals surface area contributed by atoms with Crippen LogP contribution < -0.4 is 20.1 Å². The molecular formula is C19H21N5O2. The first-order valence-electron chi connectivity index (χ1n) is 8.54. The van der Waals surface area contributed by atoms with Crippen molar-refractivity contribution in [3.8, 4) is 11.5 Å². The molecule has 2 heterocycles. The molecule has 26 heavy (non-hydrogen) atoms. The lowest BCUT2D eigenvalue weighted by Gasteiger charge is -2.25. The average Bonchev–Trinajstić information content (AvgIpc) is 3.50. The van der Waals surface area contributed by atoms with E-state index in [1.54, 1.807) is 26.6 Å². The number of aromatic nitrogens is 3. The second kappa shape index (κ2) is 6.67. The van der Waals surface area contributed by atoms with Crippen LogP contribution in [-0.4, -0.2) is 35.2 Å². The summed E-state index contributed by atoms with van der Waals surface area (Å²) >= 11 is 0. The minimum atomic E-state index is 0.446. The molecule has 0 atom stereocenters. The molecule has 0 saturated heterocycles. The number of rotatable bonds is 6. The second-order valence-corrected chi connectivity index (χ2v) is 6.34. The minimum absolute atomic E-state index is 0.446. The summed E-state index contributed by atoms with van der Waals surface area (Å²) < 4.78 is 10.9. The number of pyridine rings is 1. The van der Waals surface area contributed by atoms with E-state index < -0.39 is 0 Å². The second-order valence-electron chi connectivity index (χ2n) is 6.34. The molecule has 0 unspecified atom stereocenters. The fourth-order valence-electron chi connectivity index (χ4n) is 3.12. The first-order chi connectivity index (χ1) is 12.7. The van der Waals surface area contributed by atoms with E-state index >= 15 is 0 Å². The van der Waals surface area contributed by atoms with Crippen molar-refractivity contribution < 1.29 is 9.47 Å². The molecule has 1 fully saturated rings. The van der Waals surface area contributed by atoms with Crippen molar-refractivity contribution in [1.82, 2.24) is 15.0 Å². The molecule has 1 aromatic carbocycles. The van der Waals surface area contributed by atoms with Crippen LogP contribution in [-0.2, 0) is 6.54 Å². The number of nitrogen functional groups attached to an aromatic ring is 1. The van der Waals surface area contributed by atoms with Crippen LogP contribution in [0.15, 0.2) is 36.7 Å². The van der Waals surface area contributed by atoms with Crippen molar-refractivity contribution >= 4 is 22.7 Å². The van der Waals surface area contributed by atoms with Crippen molar-refractivity contribution in [3.05, 3.63) is 42.2 Å². The highest BCUT2D eigenvalue weighted by atomic mass is 16.5. The Morgan fingerprint density at radius 3 is 2.69 bits per heavy atom. The predicted molar refractivity (Wildman–Crippen MR) is 100 cm³/mol. The summed E-state index contributed by atoms with van der Waals surface area (Å²) in [5.74, 6) is 2.96. The van der Waals surface area contributed by atoms with E-state index in [-0.39, 0.29) is 0 Å². The lowest BCUT2D eigenvalue weighted by molar-refractivity contribution is 0.398. The molecule has 1 aliphatic carbocycles. The number of nitrogens with two attached hydrogens (primary N) is 1. The van der Waals surface area contributed by atoms with E-state index in [1.165, 1.54) is 0 Å². The molecule has 0 aliphatic heterocycles. The first-order valence-corrected chi connectivity index (χ1v) is 8.54. The Morgan fingerprint density at radius 2 is 1.96 bits per heavy atom. The number of ether oxygens (including phenoxy) is 2. The van der Waals surface area contributed by atoms with Gasteiger partial charge >= 0.3 is 0 Å². The predicted octanol–water partition coefficient (Wildman–Crippen LogP) is 2.79. The van der Waals surface area contributed by atoms with Gasteiger partial charge in [-0.15, -0.1) is 0 Å². The van der Waals surface area contributed by atoms with Gasteiger partial charge in [-0.2, -0.15) is 0 Å². The Kier molecular flexibility index (Phi) is 4.20. The molecule has 1 saturated carbocycles. The third-order valence-electron chi connectivity index (χ3n) is 4.59. The minimum Gasteiger partial charge on any atom is -0.497 e. The Balaban J connectivity index is 1.76. The fraction of sp³-hybridized carbons (Fsp3) is 0.316. The number of hydrogen-bond acceptors (Lipinski definition) is 7. The summed E-state index contributed by atoms with van der Waals surface area (Å²) in [6, 6.07) is 10.0. The van der Waals surface area contributed by atoms with Gasteiger partial charge in [0.05, 0.1) is 19.6 Å². The maximum atomic E-state index is 5.80. The van der Waals surface area contributed by atoms with Crippen LogP contribution in [0.1, 0.15) is 18.4 Å². The highest BCUT2D eigenvalue weighted by molar-refractivity contribution is 5.88. The fourth-order valence-corrected chi connectivity index (χ4v) is 3.12. The van der Waals surface area contributed by atoms with E-state index in [0.717, 1.165) is 41.1 Å². The zero-order valence-corrected chi connectivity index (χ0v) is 14.8. The van der Waals surface area contributed by atoms with Gasteiger partial charge in [-0.25, -0.2) is 15.0 Å². The summed E-state index contributed by atoms with van der Waals surface area (Å²) in [4.78, 5) is 15.4. The lowest BCUT2D eigenvalue weighted by atomic mass is 10.1. The number of anilines is 2. The summed E-state index contributed by atoms with van der Waals surface area (Å²) in [7, 11) is 3.35. The topological polar surface area (TPSA) is 86.4 Å². The van der Waals surface area contributed by atoms with Crippen LogP contribution >= 0.6 is 0 Å². The largest absolute Gasteiger partial charge is 0.497 e. The van der Waals surface area contributed by atoms with Crippen molar-refractivity contribution in [1.29, 1.82) is 0 Å². The summed E-state index contributed by atoms with van der Waals surface area (Å²) in [5, 5.41) is 0.899. The molecule has 1 aliphatic rings. The lowest BCUT2D eigenvalue weighted by Crippen LogP contribution is -2.26. The molecule has 7 nitrogen and oxygen atoms in total. The third-order valence-corrected chi connectivity index (χ3v) is 4.59. The van der Waals surface area contributed by atoms with Gasteiger partial charge in [0.2, 0.25) is 0 Å². The van der Waals surface area contributed by atoms with Crippen LogP contribution in [0.25, 0.3) is 11.0 Å². The molecule has 7 heteroatoms. The molecular weight excluding hydrogens is 330 g/mol. The molecule has 2 aromatic heterocycles. The smallest absolute Gasteiger partial charge is 0.166 e. The number of fused-ring (bicyclic) bond motifs is 1.